The number of carbonyl (C=O) groups is 1. The van der Waals surface area contributed by atoms with E-state index >= 15 is 0 Å². The molecular formula is C11H17F2O5P. The molecule has 0 bridgehead atoms. The Labute approximate surface area is 109 Å². The minimum atomic E-state index is -5.61. The van der Waals surface area contributed by atoms with Gasteiger partial charge in [-0.1, -0.05) is 13.0 Å². The van der Waals surface area contributed by atoms with Crippen molar-refractivity contribution in [3.63, 3.8) is 0 Å². The molecule has 0 heterocycles. The van der Waals surface area contributed by atoms with E-state index in [1.165, 1.54) is 0 Å². The first-order chi connectivity index (χ1) is 8.63. The Morgan fingerprint density at radius 2 is 1.84 bits per heavy atom. The van der Waals surface area contributed by atoms with Crippen molar-refractivity contribution in [1.29, 1.82) is 0 Å². The molecule has 1 fully saturated rings. The van der Waals surface area contributed by atoms with Crippen LogP contribution in [0.5, 0.6) is 0 Å². The van der Waals surface area contributed by atoms with Crippen molar-refractivity contribution in [3.8, 4) is 0 Å². The number of rotatable bonds is 5. The molecule has 5 nitrogen and oxygen atoms in total. The fourth-order valence-corrected chi connectivity index (χ4v) is 2.25. The van der Waals surface area contributed by atoms with Gasteiger partial charge in [-0.15, -0.1) is 0 Å². The lowest BCUT2D eigenvalue weighted by atomic mass is 9.98. The normalized spacial score (nSPS) is 18.1. The van der Waals surface area contributed by atoms with Crippen LogP contribution in [0.1, 0.15) is 38.5 Å². The highest BCUT2D eigenvalue weighted by Gasteiger charge is 2.49. The average molecular weight is 298 g/mol. The van der Waals surface area contributed by atoms with E-state index < -0.39 is 31.2 Å². The van der Waals surface area contributed by atoms with E-state index in [1.807, 2.05) is 0 Å². The number of ether oxygens (including phenoxy) is 1. The van der Waals surface area contributed by atoms with Crippen molar-refractivity contribution in [1.82, 2.24) is 0 Å². The molecule has 0 aromatic carbocycles. The summed E-state index contributed by atoms with van der Waals surface area (Å²) in [6.07, 6.45) is 2.49. The second kappa shape index (κ2) is 6.11. The van der Waals surface area contributed by atoms with E-state index in [0.29, 0.717) is 12.8 Å². The van der Waals surface area contributed by atoms with Gasteiger partial charge in [0.1, 0.15) is 6.10 Å². The molecule has 2 N–H and O–H groups in total. The fraction of sp³-hybridized carbons (Fsp3) is 0.727. The van der Waals surface area contributed by atoms with E-state index in [0.717, 1.165) is 19.3 Å². The largest absolute Gasteiger partial charge is 0.459 e. The Kier molecular flexibility index (Phi) is 5.24. The monoisotopic (exact) mass is 298 g/mol. The molecule has 0 spiro atoms. The van der Waals surface area contributed by atoms with Crippen LogP contribution in [0.15, 0.2) is 12.2 Å². The van der Waals surface area contributed by atoms with Gasteiger partial charge in [-0.25, -0.2) is 4.79 Å². The zero-order valence-electron chi connectivity index (χ0n) is 10.3. The topological polar surface area (TPSA) is 83.8 Å². The Balaban J connectivity index is 2.53. The molecule has 19 heavy (non-hydrogen) atoms. The van der Waals surface area contributed by atoms with Crippen LogP contribution in [0.4, 0.5) is 8.78 Å². The maximum atomic E-state index is 13.1. The molecule has 110 valence electrons. The lowest BCUT2D eigenvalue weighted by molar-refractivity contribution is -0.146. The second-order valence-corrected chi connectivity index (χ2v) is 6.40. The number of carbonyl (C=O) groups excluding carboxylic acids is 1. The molecule has 0 aliphatic heterocycles. The van der Waals surface area contributed by atoms with Crippen LogP contribution in [0.25, 0.3) is 0 Å². The quantitative estimate of drug-likeness (QED) is 0.463. The van der Waals surface area contributed by atoms with Gasteiger partial charge in [-0.05, 0) is 25.7 Å². The lowest BCUT2D eigenvalue weighted by Crippen LogP contribution is -2.25. The SMILES string of the molecule is C=C(CC(F)(F)P(=O)(O)O)C(=O)OC1CCCCC1. The van der Waals surface area contributed by atoms with Gasteiger partial charge in [0.05, 0.1) is 6.42 Å². The highest BCUT2D eigenvalue weighted by molar-refractivity contribution is 7.53. The van der Waals surface area contributed by atoms with Gasteiger partial charge in [0.25, 0.3) is 0 Å². The highest BCUT2D eigenvalue weighted by Crippen LogP contribution is 2.55. The van der Waals surface area contributed by atoms with Crippen LogP contribution >= 0.6 is 7.60 Å². The molecule has 1 rings (SSSR count). The van der Waals surface area contributed by atoms with Crippen molar-refractivity contribution in [2.45, 2.75) is 50.3 Å². The van der Waals surface area contributed by atoms with Crippen LogP contribution in [0.3, 0.4) is 0 Å². The molecule has 0 aromatic rings. The lowest BCUT2D eigenvalue weighted by Gasteiger charge is -2.23. The summed E-state index contributed by atoms with van der Waals surface area (Å²) in [5.41, 5.74) is -4.92. The van der Waals surface area contributed by atoms with Crippen molar-refractivity contribution >= 4 is 13.6 Å². The molecular weight excluding hydrogens is 281 g/mol. The first kappa shape index (κ1) is 16.3. The summed E-state index contributed by atoms with van der Waals surface area (Å²) in [6.45, 7) is 3.12. The zero-order valence-corrected chi connectivity index (χ0v) is 11.2. The number of halogens is 2. The number of hydrogen-bond acceptors (Lipinski definition) is 3. The smallest absolute Gasteiger partial charge is 0.394 e. The highest BCUT2D eigenvalue weighted by atomic mass is 31.2. The maximum absolute atomic E-state index is 13.1. The van der Waals surface area contributed by atoms with Crippen molar-refractivity contribution in [2.24, 2.45) is 0 Å². The van der Waals surface area contributed by atoms with Crippen molar-refractivity contribution in [2.75, 3.05) is 0 Å². The molecule has 8 heteroatoms. The summed E-state index contributed by atoms with van der Waals surface area (Å²) in [5, 5.41) is 0. The van der Waals surface area contributed by atoms with E-state index in [2.05, 4.69) is 6.58 Å². The Morgan fingerprint density at radius 3 is 2.32 bits per heavy atom. The molecule has 0 atom stereocenters. The van der Waals surface area contributed by atoms with E-state index in [1.54, 1.807) is 0 Å². The van der Waals surface area contributed by atoms with Gasteiger partial charge in [0.15, 0.2) is 0 Å². The van der Waals surface area contributed by atoms with Crippen LogP contribution in [-0.4, -0.2) is 27.5 Å². The molecule has 1 saturated carbocycles. The van der Waals surface area contributed by atoms with Crippen LogP contribution in [-0.2, 0) is 14.1 Å². The third kappa shape index (κ3) is 4.67. The summed E-state index contributed by atoms with van der Waals surface area (Å²) < 4.78 is 41.7. The number of esters is 1. The summed E-state index contributed by atoms with van der Waals surface area (Å²) >= 11 is 0. The first-order valence-electron chi connectivity index (χ1n) is 5.96. The van der Waals surface area contributed by atoms with Gasteiger partial charge >= 0.3 is 19.2 Å². The maximum Gasteiger partial charge on any atom is 0.394 e. The van der Waals surface area contributed by atoms with E-state index in [9.17, 15) is 18.1 Å². The number of alkyl halides is 2. The minimum absolute atomic E-state index is 0.318. The van der Waals surface area contributed by atoms with Crippen molar-refractivity contribution < 1.29 is 32.7 Å². The third-order valence-electron chi connectivity index (χ3n) is 2.97. The van der Waals surface area contributed by atoms with Crippen LogP contribution < -0.4 is 0 Å². The first-order valence-corrected chi connectivity index (χ1v) is 7.57. The molecule has 1 aliphatic rings. The van der Waals surface area contributed by atoms with Crippen LogP contribution in [0.2, 0.25) is 0 Å². The predicted molar refractivity (Wildman–Crippen MR) is 63.7 cm³/mol. The molecule has 0 radical (unpaired) electrons. The summed E-state index contributed by atoms with van der Waals surface area (Å²) in [5.74, 6) is -1.01. The van der Waals surface area contributed by atoms with Gasteiger partial charge in [0.2, 0.25) is 0 Å². The van der Waals surface area contributed by atoms with Gasteiger partial charge in [-0.3, -0.25) is 4.57 Å². The Morgan fingerprint density at radius 1 is 1.32 bits per heavy atom. The minimum Gasteiger partial charge on any atom is -0.459 e. The van der Waals surface area contributed by atoms with Gasteiger partial charge < -0.3 is 14.5 Å². The summed E-state index contributed by atoms with van der Waals surface area (Å²) in [6, 6.07) is 0. The standard InChI is InChI=1S/C11H17F2O5P/c1-8(7-11(12,13)19(15,16)17)10(14)18-9-5-3-2-4-6-9/h9H,1-7H2,(H2,15,16,17). The molecule has 0 amide bonds. The fourth-order valence-electron chi connectivity index (χ4n) is 1.85. The molecule has 0 unspecified atom stereocenters. The van der Waals surface area contributed by atoms with E-state index in [4.69, 9.17) is 14.5 Å². The van der Waals surface area contributed by atoms with Gasteiger partial charge in [-0.2, -0.15) is 8.78 Å². The van der Waals surface area contributed by atoms with Gasteiger partial charge in [0, 0.05) is 5.57 Å². The summed E-state index contributed by atoms with van der Waals surface area (Å²) in [7, 11) is -5.61. The predicted octanol–water partition coefficient (Wildman–Crippen LogP) is 2.58. The Bertz CT molecular complexity index is 398. The molecule has 0 saturated heterocycles. The zero-order chi connectivity index (χ0) is 14.7. The molecule has 0 aromatic heterocycles. The Hall–Kier alpha value is -0.780. The second-order valence-electron chi connectivity index (χ2n) is 4.66. The van der Waals surface area contributed by atoms with E-state index in [-0.39, 0.29) is 6.10 Å². The summed E-state index contributed by atoms with van der Waals surface area (Å²) in [4.78, 5) is 28.4. The van der Waals surface area contributed by atoms with Crippen LogP contribution in [0, 0.1) is 0 Å². The van der Waals surface area contributed by atoms with Crippen molar-refractivity contribution in [3.05, 3.63) is 12.2 Å². The molecule has 1 aliphatic carbocycles. The average Bonchev–Trinajstić information content (AvgIpc) is 2.28. The third-order valence-corrected chi connectivity index (χ3v) is 3.98. The number of hydrogen-bond donors (Lipinski definition) is 2.